The highest BCUT2D eigenvalue weighted by molar-refractivity contribution is 9.10. The lowest BCUT2D eigenvalue weighted by atomic mass is 9.95. The highest BCUT2D eigenvalue weighted by atomic mass is 79.9. The average Bonchev–Trinajstić information content (AvgIpc) is 2.97. The van der Waals surface area contributed by atoms with Crippen LogP contribution in [0.4, 0.5) is 0 Å². The van der Waals surface area contributed by atoms with Crippen LogP contribution in [-0.4, -0.2) is 37.6 Å². The molecule has 0 saturated carbocycles. The lowest BCUT2D eigenvalue weighted by molar-refractivity contribution is 0.0879. The van der Waals surface area contributed by atoms with E-state index in [1.807, 2.05) is 6.20 Å². The molecule has 2 aromatic heterocycles. The van der Waals surface area contributed by atoms with Crippen molar-refractivity contribution in [3.05, 3.63) is 33.8 Å². The van der Waals surface area contributed by atoms with Crippen molar-refractivity contribution < 1.29 is 0 Å². The Morgan fingerprint density at radius 2 is 2.10 bits per heavy atom. The molecule has 1 aliphatic carbocycles. The van der Waals surface area contributed by atoms with Gasteiger partial charge in [0.15, 0.2) is 0 Å². The second kappa shape index (κ2) is 5.25. The molecule has 1 fully saturated rings. The summed E-state index contributed by atoms with van der Waals surface area (Å²) in [6.45, 7) is 3.18. The number of hydrogen-bond donors (Lipinski definition) is 0. The molecule has 1 saturated heterocycles. The van der Waals surface area contributed by atoms with Gasteiger partial charge in [0.05, 0.1) is 28.1 Å². The van der Waals surface area contributed by atoms with Crippen LogP contribution in [0.1, 0.15) is 35.8 Å². The maximum absolute atomic E-state index is 4.71. The van der Waals surface area contributed by atoms with E-state index in [2.05, 4.69) is 48.5 Å². The van der Waals surface area contributed by atoms with E-state index in [-0.39, 0.29) is 0 Å². The largest absolute Gasteiger partial charge is 0.293 e. The van der Waals surface area contributed by atoms with Crippen molar-refractivity contribution in [1.82, 2.24) is 24.5 Å². The smallest absolute Gasteiger partial charge is 0.0773 e. The second-order valence-electron chi connectivity index (χ2n) is 6.19. The Labute approximate surface area is 133 Å². The van der Waals surface area contributed by atoms with Crippen molar-refractivity contribution in [3.8, 4) is 0 Å². The Balaban J connectivity index is 1.43. The molecule has 5 nitrogen and oxygen atoms in total. The summed E-state index contributed by atoms with van der Waals surface area (Å²) in [5.74, 6) is 0. The first-order chi connectivity index (χ1) is 10.2. The molecule has 0 amide bonds. The molecule has 112 valence electrons. The van der Waals surface area contributed by atoms with Gasteiger partial charge in [0.25, 0.3) is 0 Å². The van der Waals surface area contributed by atoms with Crippen LogP contribution in [0.2, 0.25) is 0 Å². The van der Waals surface area contributed by atoms with Crippen LogP contribution in [-0.2, 0) is 26.4 Å². The summed E-state index contributed by atoms with van der Waals surface area (Å²) in [7, 11) is 2.09. The number of halogens is 1. The van der Waals surface area contributed by atoms with Gasteiger partial charge >= 0.3 is 0 Å². The molecule has 3 heterocycles. The highest BCUT2D eigenvalue weighted by Gasteiger charge is 2.30. The average molecular weight is 350 g/mol. The van der Waals surface area contributed by atoms with Crippen molar-refractivity contribution in [3.63, 3.8) is 0 Å². The number of aromatic nitrogens is 4. The van der Waals surface area contributed by atoms with E-state index in [1.165, 1.54) is 36.2 Å². The Morgan fingerprint density at radius 1 is 1.29 bits per heavy atom. The summed E-state index contributed by atoms with van der Waals surface area (Å²) >= 11 is 3.46. The first-order valence-corrected chi connectivity index (χ1v) is 8.45. The van der Waals surface area contributed by atoms with Crippen LogP contribution in [0.15, 0.2) is 16.9 Å². The molecule has 0 N–H and O–H groups in total. The molecule has 0 aromatic carbocycles. The van der Waals surface area contributed by atoms with Gasteiger partial charge in [0.1, 0.15) is 0 Å². The molecule has 6 heteroatoms. The van der Waals surface area contributed by atoms with Gasteiger partial charge in [-0.25, -0.2) is 0 Å². The Morgan fingerprint density at radius 3 is 2.86 bits per heavy atom. The Bertz CT molecular complexity index is 653. The molecule has 2 aliphatic rings. The molecule has 2 aromatic rings. The van der Waals surface area contributed by atoms with E-state index in [0.29, 0.717) is 6.04 Å². The van der Waals surface area contributed by atoms with Crippen molar-refractivity contribution in [2.75, 3.05) is 13.1 Å². The van der Waals surface area contributed by atoms with Gasteiger partial charge in [-0.2, -0.15) is 10.2 Å². The predicted molar refractivity (Wildman–Crippen MR) is 84.1 cm³/mol. The van der Waals surface area contributed by atoms with E-state index < -0.39 is 0 Å². The van der Waals surface area contributed by atoms with E-state index in [4.69, 9.17) is 5.10 Å². The number of aryl methyl sites for hydroxylation is 2. The fraction of sp³-hybridized carbons (Fsp3) is 0.600. The molecule has 4 rings (SSSR count). The lowest BCUT2D eigenvalue weighted by Crippen LogP contribution is -2.47. The van der Waals surface area contributed by atoms with Gasteiger partial charge in [-0.15, -0.1) is 0 Å². The van der Waals surface area contributed by atoms with Gasteiger partial charge in [-0.1, -0.05) is 0 Å². The summed E-state index contributed by atoms with van der Waals surface area (Å²) < 4.78 is 5.23. The zero-order valence-electron chi connectivity index (χ0n) is 12.3. The number of nitrogens with zero attached hydrogens (tertiary/aromatic N) is 5. The van der Waals surface area contributed by atoms with Crippen molar-refractivity contribution in [2.45, 2.75) is 38.3 Å². The summed E-state index contributed by atoms with van der Waals surface area (Å²) in [5, 5.41) is 9.09. The molecule has 21 heavy (non-hydrogen) atoms. The summed E-state index contributed by atoms with van der Waals surface area (Å²) in [6, 6.07) is 0.514. The van der Waals surface area contributed by atoms with Crippen LogP contribution >= 0.6 is 15.9 Å². The number of fused-ring (bicyclic) bond motifs is 1. The van der Waals surface area contributed by atoms with Gasteiger partial charge in [0.2, 0.25) is 0 Å². The number of hydrogen-bond acceptors (Lipinski definition) is 3. The summed E-state index contributed by atoms with van der Waals surface area (Å²) in [6.07, 6.45) is 8.90. The SMILES string of the molecule is Cn1nc2c(c1CN1CC(n3cc(Br)cn3)C1)CCCC2. The maximum Gasteiger partial charge on any atom is 0.0773 e. The fourth-order valence-electron chi connectivity index (χ4n) is 3.51. The maximum atomic E-state index is 4.71. The lowest BCUT2D eigenvalue weighted by Gasteiger charge is -2.39. The van der Waals surface area contributed by atoms with Crippen molar-refractivity contribution in [1.29, 1.82) is 0 Å². The first-order valence-electron chi connectivity index (χ1n) is 7.66. The zero-order chi connectivity index (χ0) is 14.4. The minimum atomic E-state index is 0.514. The van der Waals surface area contributed by atoms with Crippen LogP contribution in [0.25, 0.3) is 0 Å². The van der Waals surface area contributed by atoms with Crippen molar-refractivity contribution in [2.24, 2.45) is 7.05 Å². The van der Waals surface area contributed by atoms with E-state index in [9.17, 15) is 0 Å². The molecule has 0 spiro atoms. The number of rotatable bonds is 3. The van der Waals surface area contributed by atoms with Crippen LogP contribution < -0.4 is 0 Å². The minimum Gasteiger partial charge on any atom is -0.293 e. The minimum absolute atomic E-state index is 0.514. The Kier molecular flexibility index (Phi) is 3.38. The third-order valence-corrected chi connectivity index (χ3v) is 5.11. The van der Waals surface area contributed by atoms with Crippen LogP contribution in [0, 0.1) is 0 Å². The first kappa shape index (κ1) is 13.5. The molecule has 0 bridgehead atoms. The number of likely N-dealkylation sites (tertiary alicyclic amines) is 1. The molecular formula is C15H20BrN5. The van der Waals surface area contributed by atoms with E-state index in [1.54, 1.807) is 0 Å². The molecule has 1 aliphatic heterocycles. The van der Waals surface area contributed by atoms with E-state index >= 15 is 0 Å². The van der Waals surface area contributed by atoms with Gasteiger partial charge in [0, 0.05) is 32.9 Å². The second-order valence-corrected chi connectivity index (χ2v) is 7.10. The fourth-order valence-corrected chi connectivity index (χ4v) is 3.81. The normalized spacial score (nSPS) is 19.5. The third-order valence-electron chi connectivity index (χ3n) is 4.70. The van der Waals surface area contributed by atoms with Gasteiger partial charge in [-0.05, 0) is 47.2 Å². The molecule has 0 atom stereocenters. The van der Waals surface area contributed by atoms with Crippen molar-refractivity contribution >= 4 is 15.9 Å². The summed E-state index contributed by atoms with van der Waals surface area (Å²) in [5.41, 5.74) is 4.28. The topological polar surface area (TPSA) is 38.9 Å². The Hall–Kier alpha value is -1.14. The molecule has 0 radical (unpaired) electrons. The third kappa shape index (κ3) is 2.44. The molecular weight excluding hydrogens is 330 g/mol. The standard InChI is InChI=1S/C15H20BrN5/c1-19-15(13-4-2-3-5-14(13)18-19)10-20-8-12(9-20)21-7-11(16)6-17-21/h6-7,12H,2-5,8-10H2,1H3. The molecule has 0 unspecified atom stereocenters. The highest BCUT2D eigenvalue weighted by Crippen LogP contribution is 2.28. The van der Waals surface area contributed by atoms with Gasteiger partial charge in [-0.3, -0.25) is 14.3 Å². The quantitative estimate of drug-likeness (QED) is 0.853. The van der Waals surface area contributed by atoms with E-state index in [0.717, 1.165) is 30.5 Å². The van der Waals surface area contributed by atoms with Gasteiger partial charge < -0.3 is 0 Å². The monoisotopic (exact) mass is 349 g/mol. The predicted octanol–water partition coefficient (Wildman–Crippen LogP) is 2.31. The van der Waals surface area contributed by atoms with Crippen LogP contribution in [0.3, 0.4) is 0 Å². The summed E-state index contributed by atoms with van der Waals surface area (Å²) in [4.78, 5) is 2.49. The zero-order valence-corrected chi connectivity index (χ0v) is 13.9. The van der Waals surface area contributed by atoms with Crippen LogP contribution in [0.5, 0.6) is 0 Å².